The van der Waals surface area contributed by atoms with E-state index in [2.05, 4.69) is 31.9 Å². The van der Waals surface area contributed by atoms with Crippen molar-refractivity contribution in [3.63, 3.8) is 0 Å². The first kappa shape index (κ1) is 10.6. The Labute approximate surface area is 98.0 Å². The summed E-state index contributed by atoms with van der Waals surface area (Å²) in [6, 6.07) is 7.11. The van der Waals surface area contributed by atoms with Crippen LogP contribution in [0.3, 0.4) is 0 Å². The number of alkyl halides is 3. The minimum absolute atomic E-state index is 0.362. The molecule has 0 saturated heterocycles. The second kappa shape index (κ2) is 3.56. The molecule has 2 rings (SSSR count). The van der Waals surface area contributed by atoms with Gasteiger partial charge in [0.2, 0.25) is 0 Å². The predicted molar refractivity (Wildman–Crippen MR) is 59.1 cm³/mol. The van der Waals surface area contributed by atoms with Crippen molar-refractivity contribution in [1.29, 1.82) is 0 Å². The molecule has 14 heavy (non-hydrogen) atoms. The van der Waals surface area contributed by atoms with Crippen LogP contribution >= 0.6 is 31.9 Å². The van der Waals surface area contributed by atoms with Gasteiger partial charge in [0, 0.05) is 15.7 Å². The SMILES string of the molecule is FC1(F)C(CBr)C1c1ccc(Br)cc1. The van der Waals surface area contributed by atoms with Crippen molar-refractivity contribution in [2.45, 2.75) is 11.8 Å². The highest BCUT2D eigenvalue weighted by molar-refractivity contribution is 9.10. The van der Waals surface area contributed by atoms with Gasteiger partial charge in [-0.05, 0) is 17.7 Å². The molecular formula is C10H8Br2F2. The van der Waals surface area contributed by atoms with Crippen LogP contribution in [0, 0.1) is 5.92 Å². The van der Waals surface area contributed by atoms with Crippen LogP contribution in [0.15, 0.2) is 28.7 Å². The Morgan fingerprint density at radius 3 is 2.21 bits per heavy atom. The van der Waals surface area contributed by atoms with E-state index in [0.717, 1.165) is 10.0 Å². The molecule has 0 bridgehead atoms. The quantitative estimate of drug-likeness (QED) is 0.715. The lowest BCUT2D eigenvalue weighted by Gasteiger charge is -1.98. The van der Waals surface area contributed by atoms with Crippen molar-refractivity contribution in [2.24, 2.45) is 5.92 Å². The van der Waals surface area contributed by atoms with Crippen LogP contribution in [-0.4, -0.2) is 11.3 Å². The Hall–Kier alpha value is 0.0400. The number of hydrogen-bond acceptors (Lipinski definition) is 0. The van der Waals surface area contributed by atoms with Gasteiger partial charge in [0.15, 0.2) is 0 Å². The van der Waals surface area contributed by atoms with E-state index in [-0.39, 0.29) is 0 Å². The van der Waals surface area contributed by atoms with Crippen molar-refractivity contribution in [3.8, 4) is 0 Å². The zero-order valence-corrected chi connectivity index (χ0v) is 10.4. The van der Waals surface area contributed by atoms with Crippen LogP contribution in [-0.2, 0) is 0 Å². The molecule has 76 valence electrons. The van der Waals surface area contributed by atoms with Crippen molar-refractivity contribution in [3.05, 3.63) is 34.3 Å². The van der Waals surface area contributed by atoms with Gasteiger partial charge in [0.1, 0.15) is 0 Å². The minimum atomic E-state index is -2.53. The average Bonchev–Trinajstić information content (AvgIpc) is 2.69. The molecular weight excluding hydrogens is 318 g/mol. The van der Waals surface area contributed by atoms with Crippen molar-refractivity contribution in [2.75, 3.05) is 5.33 Å². The standard InChI is InChI=1S/C10H8Br2F2/c11-5-8-9(10(8,13)14)6-1-3-7(12)4-2-6/h1-4,8-9H,5H2. The fraction of sp³-hybridized carbons (Fsp3) is 0.400. The van der Waals surface area contributed by atoms with Crippen LogP contribution in [0.1, 0.15) is 11.5 Å². The van der Waals surface area contributed by atoms with Gasteiger partial charge < -0.3 is 0 Å². The summed E-state index contributed by atoms with van der Waals surface area (Å²) in [4.78, 5) is 0. The van der Waals surface area contributed by atoms with Gasteiger partial charge in [-0.1, -0.05) is 44.0 Å². The average molecular weight is 326 g/mol. The predicted octanol–water partition coefficient (Wildman–Crippen LogP) is 4.19. The molecule has 0 nitrogen and oxygen atoms in total. The Balaban J connectivity index is 2.22. The lowest BCUT2D eigenvalue weighted by molar-refractivity contribution is 0.0973. The first-order chi connectivity index (χ1) is 6.57. The Kier molecular flexibility index (Phi) is 2.68. The minimum Gasteiger partial charge on any atom is -0.206 e. The molecule has 1 aliphatic rings. The smallest absolute Gasteiger partial charge is 0.206 e. The molecule has 0 N–H and O–H groups in total. The Morgan fingerprint density at radius 2 is 1.79 bits per heavy atom. The van der Waals surface area contributed by atoms with Crippen molar-refractivity contribution in [1.82, 2.24) is 0 Å². The maximum atomic E-state index is 13.2. The summed E-state index contributed by atoms with van der Waals surface area (Å²) in [5.74, 6) is -3.67. The molecule has 2 atom stereocenters. The van der Waals surface area contributed by atoms with Gasteiger partial charge in [0.25, 0.3) is 5.92 Å². The number of rotatable bonds is 2. The molecule has 4 heteroatoms. The largest absolute Gasteiger partial charge is 0.259 e. The van der Waals surface area contributed by atoms with Gasteiger partial charge >= 0.3 is 0 Å². The first-order valence-corrected chi connectivity index (χ1v) is 6.18. The molecule has 0 heterocycles. The van der Waals surface area contributed by atoms with E-state index in [1.165, 1.54) is 0 Å². The molecule has 0 spiro atoms. The van der Waals surface area contributed by atoms with Gasteiger partial charge in [-0.3, -0.25) is 0 Å². The number of benzene rings is 1. The van der Waals surface area contributed by atoms with E-state index < -0.39 is 17.8 Å². The third-order valence-electron chi connectivity index (χ3n) is 2.60. The highest BCUT2D eigenvalue weighted by Gasteiger charge is 2.67. The summed E-state index contributed by atoms with van der Waals surface area (Å²) in [6.45, 7) is 0. The highest BCUT2D eigenvalue weighted by atomic mass is 79.9. The monoisotopic (exact) mass is 324 g/mol. The molecule has 1 aromatic carbocycles. The van der Waals surface area contributed by atoms with Gasteiger partial charge in [-0.15, -0.1) is 0 Å². The second-order valence-corrected chi connectivity index (χ2v) is 5.03. The topological polar surface area (TPSA) is 0 Å². The summed E-state index contributed by atoms with van der Waals surface area (Å²) >= 11 is 6.39. The third-order valence-corrected chi connectivity index (χ3v) is 3.82. The van der Waals surface area contributed by atoms with E-state index in [1.54, 1.807) is 24.3 Å². The molecule has 1 fully saturated rings. The van der Waals surface area contributed by atoms with E-state index in [1.807, 2.05) is 0 Å². The Morgan fingerprint density at radius 1 is 1.21 bits per heavy atom. The maximum absolute atomic E-state index is 13.2. The van der Waals surface area contributed by atoms with Gasteiger partial charge in [0.05, 0.1) is 5.92 Å². The van der Waals surface area contributed by atoms with Gasteiger partial charge in [-0.2, -0.15) is 0 Å². The summed E-state index contributed by atoms with van der Waals surface area (Å²) < 4.78 is 27.3. The maximum Gasteiger partial charge on any atom is 0.259 e. The number of hydrogen-bond donors (Lipinski definition) is 0. The molecule has 0 radical (unpaired) electrons. The fourth-order valence-electron chi connectivity index (χ4n) is 1.71. The van der Waals surface area contributed by atoms with E-state index in [9.17, 15) is 8.78 Å². The lowest BCUT2D eigenvalue weighted by atomic mass is 10.1. The lowest BCUT2D eigenvalue weighted by Crippen LogP contribution is -1.94. The molecule has 1 aromatic rings. The molecule has 0 amide bonds. The van der Waals surface area contributed by atoms with Crippen LogP contribution in [0.25, 0.3) is 0 Å². The van der Waals surface area contributed by atoms with Crippen molar-refractivity contribution >= 4 is 31.9 Å². The van der Waals surface area contributed by atoms with Gasteiger partial charge in [-0.25, -0.2) is 8.78 Å². The normalized spacial score (nSPS) is 28.9. The molecule has 1 saturated carbocycles. The summed E-state index contributed by atoms with van der Waals surface area (Å²) in [5, 5.41) is 0.362. The van der Waals surface area contributed by atoms with Crippen LogP contribution in [0.2, 0.25) is 0 Å². The fourth-order valence-corrected chi connectivity index (χ4v) is 2.78. The summed E-state index contributed by atoms with van der Waals surface area (Å²) in [7, 11) is 0. The Bertz CT molecular complexity index is 334. The zero-order valence-electron chi connectivity index (χ0n) is 7.18. The van der Waals surface area contributed by atoms with E-state index in [0.29, 0.717) is 5.33 Å². The van der Waals surface area contributed by atoms with Crippen LogP contribution in [0.4, 0.5) is 8.78 Å². The van der Waals surface area contributed by atoms with Crippen LogP contribution < -0.4 is 0 Å². The summed E-state index contributed by atoms with van der Waals surface area (Å²) in [6.07, 6.45) is 0. The molecule has 0 aromatic heterocycles. The van der Waals surface area contributed by atoms with Crippen LogP contribution in [0.5, 0.6) is 0 Å². The third kappa shape index (κ3) is 1.63. The van der Waals surface area contributed by atoms with Crippen molar-refractivity contribution < 1.29 is 8.78 Å². The van der Waals surface area contributed by atoms with E-state index >= 15 is 0 Å². The highest BCUT2D eigenvalue weighted by Crippen LogP contribution is 2.62. The zero-order chi connectivity index (χ0) is 10.3. The molecule has 1 aliphatic carbocycles. The number of halogens is 4. The first-order valence-electron chi connectivity index (χ1n) is 4.26. The molecule has 2 unspecified atom stereocenters. The molecule has 0 aliphatic heterocycles. The summed E-state index contributed by atoms with van der Waals surface area (Å²) in [5.41, 5.74) is 0.725. The second-order valence-electron chi connectivity index (χ2n) is 3.46. The van der Waals surface area contributed by atoms with E-state index in [4.69, 9.17) is 0 Å².